The molecule has 1 amide bonds. The van der Waals surface area contributed by atoms with Crippen LogP contribution in [0.25, 0.3) is 0 Å². The Kier molecular flexibility index (Phi) is 3.66. The van der Waals surface area contributed by atoms with Crippen molar-refractivity contribution in [2.75, 3.05) is 0 Å². The summed E-state index contributed by atoms with van der Waals surface area (Å²) in [6.45, 7) is 1.73. The minimum absolute atomic E-state index is 0.261. The van der Waals surface area contributed by atoms with E-state index in [0.29, 0.717) is 5.69 Å². The van der Waals surface area contributed by atoms with Gasteiger partial charge in [-0.1, -0.05) is 5.92 Å². The van der Waals surface area contributed by atoms with Crippen molar-refractivity contribution in [3.05, 3.63) is 28.5 Å². The van der Waals surface area contributed by atoms with E-state index in [4.69, 9.17) is 6.42 Å². The van der Waals surface area contributed by atoms with Crippen LogP contribution in [0.4, 0.5) is 0 Å². The summed E-state index contributed by atoms with van der Waals surface area (Å²) in [5, 5.41) is 2.61. The van der Waals surface area contributed by atoms with Gasteiger partial charge in [0.15, 0.2) is 0 Å². The molecular formula is C10H9BrN2O. The number of carbonyl (C=O) groups is 1. The smallest absolute Gasteiger partial charge is 0.270 e. The van der Waals surface area contributed by atoms with Crippen molar-refractivity contribution in [2.24, 2.45) is 0 Å². The average molecular weight is 253 g/mol. The highest BCUT2D eigenvalue weighted by molar-refractivity contribution is 9.10. The van der Waals surface area contributed by atoms with Crippen LogP contribution in [0.2, 0.25) is 0 Å². The van der Waals surface area contributed by atoms with Gasteiger partial charge in [0.25, 0.3) is 5.91 Å². The molecule has 1 aromatic heterocycles. The maximum absolute atomic E-state index is 11.4. The van der Waals surface area contributed by atoms with E-state index in [9.17, 15) is 4.79 Å². The van der Waals surface area contributed by atoms with Gasteiger partial charge in [-0.3, -0.25) is 4.79 Å². The van der Waals surface area contributed by atoms with Crippen LogP contribution in [0.3, 0.4) is 0 Å². The van der Waals surface area contributed by atoms with Crippen molar-refractivity contribution in [3.8, 4) is 12.3 Å². The summed E-state index contributed by atoms with van der Waals surface area (Å²) in [5.74, 6) is 2.15. The lowest BCUT2D eigenvalue weighted by Gasteiger charge is -2.06. The SMILES string of the molecule is C#CC(C)NC(=O)c1ccc(Br)cn1. The van der Waals surface area contributed by atoms with E-state index in [1.807, 2.05) is 0 Å². The number of nitrogens with one attached hydrogen (secondary N) is 1. The standard InChI is InChI=1S/C10H9BrN2O/c1-3-7(2)13-10(14)9-5-4-8(11)6-12-9/h1,4-7H,2H3,(H,13,14). The number of aromatic nitrogens is 1. The fourth-order valence-electron chi connectivity index (χ4n) is 0.822. The van der Waals surface area contributed by atoms with Gasteiger partial charge in [0.2, 0.25) is 0 Å². The van der Waals surface area contributed by atoms with Crippen LogP contribution in [0.15, 0.2) is 22.8 Å². The molecule has 0 aliphatic carbocycles. The van der Waals surface area contributed by atoms with Crippen LogP contribution in [-0.4, -0.2) is 16.9 Å². The number of hydrogen-bond acceptors (Lipinski definition) is 2. The molecule has 1 aromatic rings. The first kappa shape index (κ1) is 10.7. The van der Waals surface area contributed by atoms with E-state index in [0.717, 1.165) is 4.47 Å². The monoisotopic (exact) mass is 252 g/mol. The zero-order chi connectivity index (χ0) is 10.6. The summed E-state index contributed by atoms with van der Waals surface area (Å²) in [4.78, 5) is 15.4. The van der Waals surface area contributed by atoms with Gasteiger partial charge in [-0.2, -0.15) is 0 Å². The highest BCUT2D eigenvalue weighted by atomic mass is 79.9. The summed E-state index contributed by atoms with van der Waals surface area (Å²) >= 11 is 3.23. The van der Waals surface area contributed by atoms with Gasteiger partial charge in [-0.05, 0) is 35.0 Å². The third kappa shape index (κ3) is 2.86. The van der Waals surface area contributed by atoms with Gasteiger partial charge in [0.1, 0.15) is 5.69 Å². The van der Waals surface area contributed by atoms with Crippen molar-refractivity contribution < 1.29 is 4.79 Å². The highest BCUT2D eigenvalue weighted by Gasteiger charge is 2.08. The molecule has 1 rings (SSSR count). The zero-order valence-corrected chi connectivity index (χ0v) is 9.21. The van der Waals surface area contributed by atoms with Crippen molar-refractivity contribution >= 4 is 21.8 Å². The molecule has 0 aliphatic heterocycles. The lowest BCUT2D eigenvalue weighted by Crippen LogP contribution is -2.31. The number of halogens is 1. The fourth-order valence-corrected chi connectivity index (χ4v) is 1.06. The Bertz CT molecular complexity index is 367. The van der Waals surface area contributed by atoms with Gasteiger partial charge in [0.05, 0.1) is 6.04 Å². The zero-order valence-electron chi connectivity index (χ0n) is 7.62. The van der Waals surface area contributed by atoms with E-state index in [1.54, 1.807) is 25.3 Å². The van der Waals surface area contributed by atoms with Crippen LogP contribution in [0.5, 0.6) is 0 Å². The molecule has 1 unspecified atom stereocenters. The number of hydrogen-bond donors (Lipinski definition) is 1. The molecule has 0 radical (unpaired) electrons. The molecule has 0 aliphatic rings. The Morgan fingerprint density at radius 3 is 2.93 bits per heavy atom. The van der Waals surface area contributed by atoms with Gasteiger partial charge in [-0.25, -0.2) is 4.98 Å². The van der Waals surface area contributed by atoms with Crippen LogP contribution in [0.1, 0.15) is 17.4 Å². The number of pyridine rings is 1. The van der Waals surface area contributed by atoms with Gasteiger partial charge >= 0.3 is 0 Å². The van der Waals surface area contributed by atoms with Gasteiger partial charge < -0.3 is 5.32 Å². The summed E-state index contributed by atoms with van der Waals surface area (Å²) < 4.78 is 0.832. The second kappa shape index (κ2) is 4.77. The summed E-state index contributed by atoms with van der Waals surface area (Å²) in [7, 11) is 0. The largest absolute Gasteiger partial charge is 0.337 e. The first-order chi connectivity index (χ1) is 6.63. The van der Waals surface area contributed by atoms with E-state index < -0.39 is 0 Å². The molecule has 14 heavy (non-hydrogen) atoms. The van der Waals surface area contributed by atoms with Crippen molar-refractivity contribution in [3.63, 3.8) is 0 Å². The van der Waals surface area contributed by atoms with Crippen LogP contribution in [-0.2, 0) is 0 Å². The minimum atomic E-state index is -0.284. The third-order valence-corrected chi connectivity index (χ3v) is 2.03. The summed E-state index contributed by atoms with van der Waals surface area (Å²) in [6, 6.07) is 3.10. The number of amides is 1. The third-order valence-electron chi connectivity index (χ3n) is 1.56. The molecule has 4 heteroatoms. The average Bonchev–Trinajstić information content (AvgIpc) is 2.18. The highest BCUT2D eigenvalue weighted by Crippen LogP contribution is 2.07. The van der Waals surface area contributed by atoms with Crippen LogP contribution < -0.4 is 5.32 Å². The Morgan fingerprint density at radius 2 is 2.43 bits per heavy atom. The normalized spacial score (nSPS) is 11.5. The molecule has 0 saturated heterocycles. The maximum atomic E-state index is 11.4. The van der Waals surface area contributed by atoms with Crippen molar-refractivity contribution in [1.82, 2.24) is 10.3 Å². The molecule has 0 saturated carbocycles. The lowest BCUT2D eigenvalue weighted by atomic mass is 10.3. The van der Waals surface area contributed by atoms with E-state index in [1.165, 1.54) is 0 Å². The summed E-state index contributed by atoms with van der Waals surface area (Å²) in [5.41, 5.74) is 0.357. The first-order valence-electron chi connectivity index (χ1n) is 4.02. The molecule has 72 valence electrons. The number of rotatable bonds is 2. The predicted octanol–water partition coefficient (Wildman–Crippen LogP) is 1.60. The molecule has 0 bridgehead atoms. The fraction of sp³-hybridized carbons (Fsp3) is 0.200. The second-order valence-electron chi connectivity index (χ2n) is 2.72. The van der Waals surface area contributed by atoms with Crippen LogP contribution in [0, 0.1) is 12.3 Å². The Labute approximate surface area is 91.1 Å². The Balaban J connectivity index is 2.71. The Hall–Kier alpha value is -1.34. The van der Waals surface area contributed by atoms with Crippen LogP contribution >= 0.6 is 15.9 Å². The molecule has 3 nitrogen and oxygen atoms in total. The van der Waals surface area contributed by atoms with Crippen molar-refractivity contribution in [1.29, 1.82) is 0 Å². The van der Waals surface area contributed by atoms with Gasteiger partial charge in [-0.15, -0.1) is 6.42 Å². The van der Waals surface area contributed by atoms with E-state index in [-0.39, 0.29) is 11.9 Å². The van der Waals surface area contributed by atoms with Gasteiger partial charge in [0, 0.05) is 10.7 Å². The number of terminal acetylenes is 1. The minimum Gasteiger partial charge on any atom is -0.337 e. The van der Waals surface area contributed by atoms with E-state index in [2.05, 4.69) is 32.2 Å². The molecule has 1 heterocycles. The lowest BCUT2D eigenvalue weighted by molar-refractivity contribution is 0.0943. The summed E-state index contributed by atoms with van der Waals surface area (Å²) in [6.07, 6.45) is 6.69. The van der Waals surface area contributed by atoms with E-state index >= 15 is 0 Å². The quantitative estimate of drug-likeness (QED) is 0.813. The number of carbonyl (C=O) groups excluding carboxylic acids is 1. The second-order valence-corrected chi connectivity index (χ2v) is 3.64. The topological polar surface area (TPSA) is 42.0 Å². The molecular weight excluding hydrogens is 244 g/mol. The molecule has 1 N–H and O–H groups in total. The molecule has 0 spiro atoms. The molecule has 0 fully saturated rings. The Morgan fingerprint density at radius 1 is 1.71 bits per heavy atom. The molecule has 1 atom stereocenters. The number of nitrogens with zero attached hydrogens (tertiary/aromatic N) is 1. The predicted molar refractivity (Wildman–Crippen MR) is 57.7 cm³/mol. The first-order valence-corrected chi connectivity index (χ1v) is 4.81. The maximum Gasteiger partial charge on any atom is 0.270 e. The molecule has 0 aromatic carbocycles. The van der Waals surface area contributed by atoms with Crippen molar-refractivity contribution in [2.45, 2.75) is 13.0 Å².